The van der Waals surface area contributed by atoms with Gasteiger partial charge in [0, 0.05) is 31.9 Å². The number of hydrogen-bond acceptors (Lipinski definition) is 6. The Balaban J connectivity index is 1.39. The van der Waals surface area contributed by atoms with Crippen molar-refractivity contribution in [3.63, 3.8) is 0 Å². The van der Waals surface area contributed by atoms with Crippen molar-refractivity contribution in [3.8, 4) is 11.5 Å². The van der Waals surface area contributed by atoms with Gasteiger partial charge in [-0.1, -0.05) is 12.1 Å². The smallest absolute Gasteiger partial charge is 0.250 e. The summed E-state index contributed by atoms with van der Waals surface area (Å²) in [6, 6.07) is 14.8. The second-order valence-electron chi connectivity index (χ2n) is 6.81. The average molecular weight is 413 g/mol. The van der Waals surface area contributed by atoms with Crippen molar-refractivity contribution in [1.29, 1.82) is 0 Å². The Bertz CT molecular complexity index is 848. The molecule has 0 spiro atoms. The van der Waals surface area contributed by atoms with Crippen LogP contribution in [0.5, 0.6) is 11.5 Å². The molecule has 0 aliphatic carbocycles. The van der Waals surface area contributed by atoms with Gasteiger partial charge in [-0.15, -0.1) is 0 Å². The number of carbonyl (C=O) groups excluding carboxylic acids is 2. The van der Waals surface area contributed by atoms with Crippen molar-refractivity contribution in [2.24, 2.45) is 0 Å². The van der Waals surface area contributed by atoms with Crippen molar-refractivity contribution in [3.05, 3.63) is 48.5 Å². The molecule has 0 saturated carbocycles. The monoisotopic (exact) mass is 413 g/mol. The third kappa shape index (κ3) is 5.64. The number of nitrogens with one attached hydrogen (secondary N) is 1. The minimum Gasteiger partial charge on any atom is -0.497 e. The first-order valence-electron chi connectivity index (χ1n) is 9.78. The molecule has 3 rings (SSSR count). The van der Waals surface area contributed by atoms with E-state index in [4.69, 9.17) is 14.2 Å². The molecule has 1 N–H and O–H groups in total. The Morgan fingerprint density at radius 2 is 1.60 bits per heavy atom. The normalized spacial score (nSPS) is 13.7. The van der Waals surface area contributed by atoms with Gasteiger partial charge in [0.2, 0.25) is 11.8 Å². The van der Waals surface area contributed by atoms with Crippen LogP contribution >= 0.6 is 0 Å². The van der Waals surface area contributed by atoms with E-state index in [2.05, 4.69) is 10.2 Å². The Hall–Kier alpha value is -3.26. The van der Waals surface area contributed by atoms with Crippen molar-refractivity contribution in [2.45, 2.75) is 0 Å². The molecule has 30 heavy (non-hydrogen) atoms. The fourth-order valence-corrected chi connectivity index (χ4v) is 3.28. The first kappa shape index (κ1) is 21.4. The van der Waals surface area contributed by atoms with Crippen LogP contribution in [0.15, 0.2) is 48.5 Å². The number of amides is 2. The lowest BCUT2D eigenvalue weighted by Crippen LogP contribution is -2.50. The fraction of sp³-hybridized carbons (Fsp3) is 0.364. The van der Waals surface area contributed by atoms with Crippen LogP contribution in [0, 0.1) is 0 Å². The molecule has 0 unspecified atom stereocenters. The number of carbonyl (C=O) groups is 2. The molecule has 1 aliphatic heterocycles. The number of nitrogens with zero attached hydrogens (tertiary/aromatic N) is 2. The van der Waals surface area contributed by atoms with Crippen LogP contribution in [0.4, 0.5) is 11.4 Å². The number of rotatable bonds is 8. The number of piperazine rings is 1. The summed E-state index contributed by atoms with van der Waals surface area (Å²) < 4.78 is 15.8. The molecule has 8 nitrogen and oxygen atoms in total. The van der Waals surface area contributed by atoms with Crippen LogP contribution in [-0.2, 0) is 14.3 Å². The topological polar surface area (TPSA) is 80.3 Å². The highest BCUT2D eigenvalue weighted by Crippen LogP contribution is 2.28. The van der Waals surface area contributed by atoms with Gasteiger partial charge in [-0.3, -0.25) is 9.59 Å². The molecule has 0 bridgehead atoms. The van der Waals surface area contributed by atoms with E-state index < -0.39 is 0 Å². The summed E-state index contributed by atoms with van der Waals surface area (Å²) in [5.74, 6) is 1.10. The lowest BCUT2D eigenvalue weighted by Gasteiger charge is -2.36. The van der Waals surface area contributed by atoms with Crippen molar-refractivity contribution in [2.75, 3.05) is 63.8 Å². The maximum atomic E-state index is 12.4. The van der Waals surface area contributed by atoms with E-state index in [0.29, 0.717) is 37.6 Å². The lowest BCUT2D eigenvalue weighted by atomic mass is 10.2. The highest BCUT2D eigenvalue weighted by atomic mass is 16.5. The van der Waals surface area contributed by atoms with Gasteiger partial charge in [-0.2, -0.15) is 0 Å². The summed E-state index contributed by atoms with van der Waals surface area (Å²) in [6.07, 6.45) is 0. The van der Waals surface area contributed by atoms with Crippen molar-refractivity contribution >= 4 is 23.2 Å². The summed E-state index contributed by atoms with van der Waals surface area (Å²) in [4.78, 5) is 28.3. The Morgan fingerprint density at radius 3 is 2.27 bits per heavy atom. The summed E-state index contributed by atoms with van der Waals surface area (Å²) >= 11 is 0. The molecule has 0 radical (unpaired) electrons. The first-order valence-corrected chi connectivity index (χ1v) is 9.78. The summed E-state index contributed by atoms with van der Waals surface area (Å²) in [5.41, 5.74) is 1.67. The van der Waals surface area contributed by atoms with Crippen LogP contribution in [0.25, 0.3) is 0 Å². The highest BCUT2D eigenvalue weighted by molar-refractivity contribution is 5.92. The summed E-state index contributed by atoms with van der Waals surface area (Å²) in [7, 11) is 3.23. The highest BCUT2D eigenvalue weighted by Gasteiger charge is 2.23. The quantitative estimate of drug-likeness (QED) is 0.713. The van der Waals surface area contributed by atoms with Gasteiger partial charge >= 0.3 is 0 Å². The van der Waals surface area contributed by atoms with E-state index in [1.54, 1.807) is 43.4 Å². The third-order valence-corrected chi connectivity index (χ3v) is 4.89. The molecule has 1 heterocycles. The van der Waals surface area contributed by atoms with Gasteiger partial charge in [0.15, 0.2) is 0 Å². The lowest BCUT2D eigenvalue weighted by molar-refractivity contribution is -0.137. The standard InChI is InChI=1S/C22H27N3O5/c1-28-18-9-7-17(8-10-18)23-21(26)15-30-16-22(27)25-13-11-24(12-14-25)19-5-3-4-6-20(19)29-2/h3-10H,11-16H2,1-2H3,(H,23,26). The van der Waals surface area contributed by atoms with E-state index in [0.717, 1.165) is 11.4 Å². The number of benzene rings is 2. The molecule has 1 aliphatic rings. The molecule has 0 aromatic heterocycles. The second kappa shape index (κ2) is 10.5. The van der Waals surface area contributed by atoms with Crippen LogP contribution in [0.2, 0.25) is 0 Å². The van der Waals surface area contributed by atoms with E-state index >= 15 is 0 Å². The molecule has 1 saturated heterocycles. The molecule has 2 aromatic rings. The molecule has 1 fully saturated rings. The van der Waals surface area contributed by atoms with Crippen LogP contribution in [-0.4, -0.2) is 70.3 Å². The average Bonchev–Trinajstić information content (AvgIpc) is 2.79. The van der Waals surface area contributed by atoms with E-state index in [9.17, 15) is 9.59 Å². The minimum atomic E-state index is -0.311. The summed E-state index contributed by atoms with van der Waals surface area (Å²) in [6.45, 7) is 2.31. The zero-order chi connectivity index (χ0) is 21.3. The first-order chi connectivity index (χ1) is 14.6. The third-order valence-electron chi connectivity index (χ3n) is 4.89. The zero-order valence-electron chi connectivity index (χ0n) is 17.3. The van der Waals surface area contributed by atoms with Gasteiger partial charge in [0.25, 0.3) is 0 Å². The van der Waals surface area contributed by atoms with Crippen LogP contribution in [0.3, 0.4) is 0 Å². The molecular formula is C22H27N3O5. The number of hydrogen-bond donors (Lipinski definition) is 1. The Morgan fingerprint density at radius 1 is 0.900 bits per heavy atom. The number of ether oxygens (including phenoxy) is 3. The van der Waals surface area contributed by atoms with E-state index in [1.807, 2.05) is 24.3 Å². The number of para-hydroxylation sites is 2. The Kier molecular flexibility index (Phi) is 7.51. The van der Waals surface area contributed by atoms with E-state index in [1.165, 1.54) is 0 Å². The number of anilines is 2. The van der Waals surface area contributed by atoms with Crippen molar-refractivity contribution in [1.82, 2.24) is 4.90 Å². The molecule has 2 aromatic carbocycles. The minimum absolute atomic E-state index is 0.119. The maximum absolute atomic E-state index is 12.4. The molecule has 2 amide bonds. The second-order valence-corrected chi connectivity index (χ2v) is 6.81. The van der Waals surface area contributed by atoms with Gasteiger partial charge < -0.3 is 29.3 Å². The van der Waals surface area contributed by atoms with Crippen LogP contribution < -0.4 is 19.7 Å². The van der Waals surface area contributed by atoms with E-state index in [-0.39, 0.29) is 25.0 Å². The summed E-state index contributed by atoms with van der Waals surface area (Å²) in [5, 5.41) is 2.72. The fourth-order valence-electron chi connectivity index (χ4n) is 3.28. The molecule has 0 atom stereocenters. The van der Waals surface area contributed by atoms with Gasteiger partial charge in [0.1, 0.15) is 24.7 Å². The Labute approximate surface area is 176 Å². The van der Waals surface area contributed by atoms with Crippen LogP contribution in [0.1, 0.15) is 0 Å². The van der Waals surface area contributed by atoms with Gasteiger partial charge in [0.05, 0.1) is 19.9 Å². The zero-order valence-corrected chi connectivity index (χ0v) is 17.3. The number of methoxy groups -OCH3 is 2. The molecule has 160 valence electrons. The predicted molar refractivity (Wildman–Crippen MR) is 114 cm³/mol. The molecular weight excluding hydrogens is 386 g/mol. The predicted octanol–water partition coefficient (Wildman–Crippen LogP) is 2.01. The maximum Gasteiger partial charge on any atom is 0.250 e. The van der Waals surface area contributed by atoms with Crippen molar-refractivity contribution < 1.29 is 23.8 Å². The van der Waals surface area contributed by atoms with Gasteiger partial charge in [-0.05, 0) is 36.4 Å². The largest absolute Gasteiger partial charge is 0.497 e. The van der Waals surface area contributed by atoms with Gasteiger partial charge in [-0.25, -0.2) is 0 Å². The SMILES string of the molecule is COc1ccc(NC(=O)COCC(=O)N2CCN(c3ccccc3OC)CC2)cc1. The molecule has 8 heteroatoms.